The Labute approximate surface area is 238 Å². The molecule has 2 atom stereocenters. The normalized spacial score (nSPS) is 17.0. The Hall–Kier alpha value is -5.19. The molecule has 1 aromatic heterocycles. The number of aliphatic imine (C=N–C) groups is 1. The van der Waals surface area contributed by atoms with Gasteiger partial charge >= 0.3 is 0 Å². The van der Waals surface area contributed by atoms with E-state index in [0.717, 1.165) is 50.0 Å². The number of amidine groups is 1. The summed E-state index contributed by atoms with van der Waals surface area (Å²) in [7, 11) is 0. The van der Waals surface area contributed by atoms with Gasteiger partial charge in [-0.2, -0.15) is 0 Å². The van der Waals surface area contributed by atoms with Crippen molar-refractivity contribution in [3.63, 3.8) is 0 Å². The first-order valence-electron chi connectivity index (χ1n) is 14.0. The molecule has 4 nitrogen and oxygen atoms in total. The van der Waals surface area contributed by atoms with Gasteiger partial charge in [0.1, 0.15) is 29.3 Å². The molecule has 0 radical (unpaired) electrons. The summed E-state index contributed by atoms with van der Waals surface area (Å²) >= 11 is 0. The molecule has 41 heavy (non-hydrogen) atoms. The second-order valence-electron chi connectivity index (χ2n) is 10.4. The number of nitrogens with one attached hydrogen (secondary N) is 2. The van der Waals surface area contributed by atoms with E-state index in [0.29, 0.717) is 0 Å². The maximum atomic E-state index is 6.44. The Bertz CT molecular complexity index is 2060. The first kappa shape index (κ1) is 23.7. The molecule has 4 heteroatoms. The fourth-order valence-electron chi connectivity index (χ4n) is 6.08. The van der Waals surface area contributed by atoms with E-state index in [4.69, 9.17) is 9.41 Å². The second kappa shape index (κ2) is 9.77. The largest absolute Gasteiger partial charge is 0.456 e. The first-order chi connectivity index (χ1) is 20.3. The maximum Gasteiger partial charge on any atom is 0.136 e. The van der Waals surface area contributed by atoms with Crippen LogP contribution in [0.5, 0.6) is 0 Å². The molecule has 0 bridgehead atoms. The van der Waals surface area contributed by atoms with Crippen LogP contribution in [0, 0.1) is 0 Å². The van der Waals surface area contributed by atoms with Crippen molar-refractivity contribution in [1.82, 2.24) is 10.6 Å². The molecular formula is C37H27N3O. The van der Waals surface area contributed by atoms with Crippen molar-refractivity contribution in [3.8, 4) is 11.1 Å². The Morgan fingerprint density at radius 2 is 1.22 bits per heavy atom. The number of hydrogen-bond acceptors (Lipinski definition) is 4. The van der Waals surface area contributed by atoms with Gasteiger partial charge < -0.3 is 9.73 Å². The first-order valence-corrected chi connectivity index (χ1v) is 14.0. The van der Waals surface area contributed by atoms with Crippen LogP contribution in [-0.4, -0.2) is 5.84 Å². The van der Waals surface area contributed by atoms with Crippen LogP contribution < -0.4 is 10.6 Å². The highest BCUT2D eigenvalue weighted by Gasteiger charge is 2.28. The van der Waals surface area contributed by atoms with Crippen LogP contribution in [0.4, 0.5) is 0 Å². The molecule has 0 fully saturated rings. The van der Waals surface area contributed by atoms with E-state index < -0.39 is 0 Å². The lowest BCUT2D eigenvalue weighted by molar-refractivity contribution is 0.411. The zero-order valence-electron chi connectivity index (χ0n) is 22.3. The molecular weight excluding hydrogens is 502 g/mol. The van der Waals surface area contributed by atoms with Crippen LogP contribution in [0.1, 0.15) is 29.0 Å². The summed E-state index contributed by atoms with van der Waals surface area (Å²) in [6.07, 6.45) is -0.432. The number of benzene rings is 6. The molecule has 2 N–H and O–H groups in total. The van der Waals surface area contributed by atoms with E-state index in [-0.39, 0.29) is 12.3 Å². The van der Waals surface area contributed by atoms with E-state index in [2.05, 4.69) is 144 Å². The number of furan rings is 1. The molecule has 8 rings (SSSR count). The lowest BCUT2D eigenvalue weighted by Gasteiger charge is -2.33. The Kier molecular flexibility index (Phi) is 5.64. The minimum Gasteiger partial charge on any atom is -0.456 e. The third-order valence-corrected chi connectivity index (χ3v) is 7.97. The minimum absolute atomic E-state index is 0.208. The third kappa shape index (κ3) is 4.08. The molecule has 196 valence electrons. The quantitative estimate of drug-likeness (QED) is 0.240. The lowest BCUT2D eigenvalue weighted by Crippen LogP contribution is -2.45. The summed E-state index contributed by atoms with van der Waals surface area (Å²) in [5.74, 6) is 0.868. The van der Waals surface area contributed by atoms with Crippen LogP contribution in [0.15, 0.2) is 149 Å². The number of hydrogen-bond donors (Lipinski definition) is 2. The maximum absolute atomic E-state index is 6.44. The zero-order valence-corrected chi connectivity index (χ0v) is 22.3. The number of fused-ring (bicyclic) bond motifs is 4. The van der Waals surface area contributed by atoms with Crippen LogP contribution in [0.3, 0.4) is 0 Å². The average Bonchev–Trinajstić information content (AvgIpc) is 3.44. The van der Waals surface area contributed by atoms with Gasteiger partial charge in [-0.3, -0.25) is 5.32 Å². The van der Waals surface area contributed by atoms with Crippen LogP contribution in [0.2, 0.25) is 0 Å². The lowest BCUT2D eigenvalue weighted by atomic mass is 9.95. The number of rotatable bonds is 4. The predicted molar refractivity (Wildman–Crippen MR) is 168 cm³/mol. The van der Waals surface area contributed by atoms with Crippen molar-refractivity contribution in [2.75, 3.05) is 0 Å². The van der Waals surface area contributed by atoms with Crippen molar-refractivity contribution >= 4 is 38.5 Å². The molecule has 2 heterocycles. The van der Waals surface area contributed by atoms with Gasteiger partial charge in [0.05, 0.1) is 0 Å². The molecule has 1 aliphatic heterocycles. The highest BCUT2D eigenvalue weighted by atomic mass is 16.3. The van der Waals surface area contributed by atoms with Crippen LogP contribution in [0.25, 0.3) is 43.8 Å². The Balaban J connectivity index is 1.33. The molecule has 0 spiro atoms. The van der Waals surface area contributed by atoms with Crippen molar-refractivity contribution in [3.05, 3.63) is 156 Å². The van der Waals surface area contributed by atoms with E-state index >= 15 is 0 Å². The monoisotopic (exact) mass is 529 g/mol. The van der Waals surface area contributed by atoms with Gasteiger partial charge in [0.15, 0.2) is 0 Å². The predicted octanol–water partition coefficient (Wildman–Crippen LogP) is 8.74. The fraction of sp³-hybridized carbons (Fsp3) is 0.0541. The standard InChI is InChI=1S/C37H27N3O/c1-3-12-25(13-4-1)28-19-10-22-31-33(28)34-30(21-11-23-32(34)41-31)37-39-35(26-15-5-2-6-16-26)38-36(40-37)29-20-9-17-24-14-7-8-18-27(24)29/h1-23,35,37,39H,(H,38,40). The molecule has 2 unspecified atom stereocenters. The van der Waals surface area contributed by atoms with E-state index in [1.165, 1.54) is 16.3 Å². The molecule has 6 aromatic carbocycles. The van der Waals surface area contributed by atoms with E-state index in [9.17, 15) is 0 Å². The fourth-order valence-corrected chi connectivity index (χ4v) is 6.08. The van der Waals surface area contributed by atoms with Gasteiger partial charge in [0.2, 0.25) is 0 Å². The minimum atomic E-state index is -0.224. The summed E-state index contributed by atoms with van der Waals surface area (Å²) in [6.45, 7) is 0. The van der Waals surface area contributed by atoms with Crippen molar-refractivity contribution in [2.45, 2.75) is 12.3 Å². The molecule has 0 aliphatic carbocycles. The van der Waals surface area contributed by atoms with Gasteiger partial charge in [-0.15, -0.1) is 0 Å². The van der Waals surface area contributed by atoms with Crippen LogP contribution in [-0.2, 0) is 0 Å². The molecule has 0 saturated carbocycles. The Morgan fingerprint density at radius 3 is 2.07 bits per heavy atom. The van der Waals surface area contributed by atoms with Gasteiger partial charge in [-0.05, 0) is 39.6 Å². The van der Waals surface area contributed by atoms with E-state index in [1.807, 2.05) is 6.07 Å². The highest BCUT2D eigenvalue weighted by Crippen LogP contribution is 2.40. The zero-order chi connectivity index (χ0) is 27.2. The molecule has 7 aromatic rings. The van der Waals surface area contributed by atoms with Gasteiger partial charge in [0, 0.05) is 21.9 Å². The SMILES string of the molecule is c1ccc(-c2cccc3oc4cccc(C5NC(c6cccc7ccccc67)=NC(c6ccccc6)N5)c4c23)cc1. The summed E-state index contributed by atoms with van der Waals surface area (Å²) in [5.41, 5.74) is 7.41. The smallest absolute Gasteiger partial charge is 0.136 e. The number of nitrogens with zero attached hydrogens (tertiary/aromatic N) is 1. The summed E-state index contributed by atoms with van der Waals surface area (Å²) in [4.78, 5) is 5.21. The van der Waals surface area contributed by atoms with Crippen molar-refractivity contribution in [2.24, 2.45) is 4.99 Å². The van der Waals surface area contributed by atoms with Crippen molar-refractivity contribution < 1.29 is 4.42 Å². The second-order valence-corrected chi connectivity index (χ2v) is 10.4. The third-order valence-electron chi connectivity index (χ3n) is 7.97. The van der Waals surface area contributed by atoms with Gasteiger partial charge in [-0.1, -0.05) is 127 Å². The van der Waals surface area contributed by atoms with E-state index in [1.54, 1.807) is 0 Å². The summed E-state index contributed by atoms with van der Waals surface area (Å²) in [6, 6.07) is 48.5. The molecule has 1 aliphatic rings. The highest BCUT2D eigenvalue weighted by molar-refractivity contribution is 6.14. The average molecular weight is 530 g/mol. The topological polar surface area (TPSA) is 49.6 Å². The molecule has 0 saturated heterocycles. The summed E-state index contributed by atoms with van der Waals surface area (Å²) < 4.78 is 6.44. The van der Waals surface area contributed by atoms with Crippen molar-refractivity contribution in [1.29, 1.82) is 0 Å². The van der Waals surface area contributed by atoms with Gasteiger partial charge in [0.25, 0.3) is 0 Å². The van der Waals surface area contributed by atoms with Crippen LogP contribution >= 0.6 is 0 Å². The molecule has 0 amide bonds. The van der Waals surface area contributed by atoms with Gasteiger partial charge in [-0.25, -0.2) is 4.99 Å². The summed E-state index contributed by atoms with van der Waals surface area (Å²) in [5, 5.41) is 12.2. The Morgan fingerprint density at radius 1 is 0.561 bits per heavy atom.